The van der Waals surface area contributed by atoms with Gasteiger partial charge in [-0.25, -0.2) is 0 Å². The van der Waals surface area contributed by atoms with E-state index in [2.05, 4.69) is 39.8 Å². The first-order valence-corrected chi connectivity index (χ1v) is 10.8. The van der Waals surface area contributed by atoms with Gasteiger partial charge >= 0.3 is 0 Å². The first-order chi connectivity index (χ1) is 10.5. The molecule has 0 saturated carbocycles. The van der Waals surface area contributed by atoms with E-state index in [0.29, 0.717) is 6.42 Å². The lowest BCUT2D eigenvalue weighted by Gasteiger charge is -2.42. The Morgan fingerprint density at radius 2 is 1.74 bits per heavy atom. The second-order valence-electron chi connectivity index (χ2n) is 7.41. The molecule has 0 aliphatic carbocycles. The molecule has 1 aliphatic heterocycles. The minimum absolute atomic E-state index is 0.0213. The van der Waals surface area contributed by atoms with Gasteiger partial charge in [0.15, 0.2) is 14.6 Å². The summed E-state index contributed by atoms with van der Waals surface area (Å²) in [6.45, 7) is 10.9. The van der Waals surface area contributed by atoms with Crippen molar-refractivity contribution in [3.63, 3.8) is 0 Å². The van der Waals surface area contributed by atoms with E-state index in [4.69, 9.17) is 20.3 Å². The van der Waals surface area contributed by atoms with Crippen LogP contribution in [0, 0.1) is 12.3 Å². The third kappa shape index (κ3) is 5.26. The van der Waals surface area contributed by atoms with Crippen LogP contribution in [0.4, 0.5) is 0 Å². The van der Waals surface area contributed by atoms with Crippen LogP contribution < -0.4 is 0 Å². The molecule has 3 N–H and O–H groups in total. The fourth-order valence-electron chi connectivity index (χ4n) is 1.93. The normalized spacial score (nSPS) is 32.6. The van der Waals surface area contributed by atoms with Crippen LogP contribution in [0.15, 0.2) is 0 Å². The number of aliphatic hydroxyl groups excluding tert-OH is 3. The summed E-state index contributed by atoms with van der Waals surface area (Å²) in [5.41, 5.74) is 0. The Morgan fingerprint density at radius 3 is 2.26 bits per heavy atom. The number of terminal acetylenes is 1. The SMILES string of the molecule is C#CCCO[C@@H]1O[C@H](CO[Si](C)(C)C(C)(C)C)[C@H](O)[C@H](O)[C@H]1O. The quantitative estimate of drug-likeness (QED) is 0.375. The van der Waals surface area contributed by atoms with Crippen molar-refractivity contribution in [3.8, 4) is 12.3 Å². The average Bonchev–Trinajstić information content (AvgIpc) is 2.45. The van der Waals surface area contributed by atoms with Crippen LogP contribution in [0.3, 0.4) is 0 Å². The summed E-state index contributed by atoms with van der Waals surface area (Å²) in [5.74, 6) is 2.42. The predicted octanol–water partition coefficient (Wildman–Crippen LogP) is 0.856. The maximum Gasteiger partial charge on any atom is 0.192 e. The second kappa shape index (κ2) is 8.08. The molecule has 1 rings (SSSR count). The highest BCUT2D eigenvalue weighted by atomic mass is 28.4. The molecule has 0 unspecified atom stereocenters. The van der Waals surface area contributed by atoms with E-state index < -0.39 is 39.0 Å². The maximum absolute atomic E-state index is 10.1. The zero-order valence-electron chi connectivity index (χ0n) is 14.7. The lowest BCUT2D eigenvalue weighted by molar-refractivity contribution is -0.299. The molecule has 134 valence electrons. The van der Waals surface area contributed by atoms with Crippen LogP contribution in [0.2, 0.25) is 18.1 Å². The van der Waals surface area contributed by atoms with Gasteiger partial charge in [0.2, 0.25) is 0 Å². The summed E-state index contributed by atoms with van der Waals surface area (Å²) in [4.78, 5) is 0. The van der Waals surface area contributed by atoms with Crippen molar-refractivity contribution in [2.75, 3.05) is 13.2 Å². The van der Waals surface area contributed by atoms with Crippen LogP contribution in [-0.2, 0) is 13.9 Å². The Labute approximate surface area is 139 Å². The number of hydrogen-bond acceptors (Lipinski definition) is 6. The van der Waals surface area contributed by atoms with Crippen LogP contribution >= 0.6 is 0 Å². The highest BCUT2D eigenvalue weighted by Crippen LogP contribution is 2.37. The van der Waals surface area contributed by atoms with Gasteiger partial charge in [0.1, 0.15) is 24.4 Å². The van der Waals surface area contributed by atoms with Gasteiger partial charge in [0, 0.05) is 6.42 Å². The Kier molecular flexibility index (Phi) is 7.23. The minimum atomic E-state index is -2.01. The summed E-state index contributed by atoms with van der Waals surface area (Å²) >= 11 is 0. The topological polar surface area (TPSA) is 88.4 Å². The molecule has 1 saturated heterocycles. The molecule has 1 heterocycles. The zero-order valence-corrected chi connectivity index (χ0v) is 15.7. The summed E-state index contributed by atoms with van der Waals surface area (Å²) in [5, 5.41) is 30.1. The Balaban J connectivity index is 2.68. The maximum atomic E-state index is 10.1. The van der Waals surface area contributed by atoms with Gasteiger partial charge in [-0.3, -0.25) is 0 Å². The van der Waals surface area contributed by atoms with Gasteiger partial charge < -0.3 is 29.2 Å². The molecule has 0 bridgehead atoms. The fourth-order valence-corrected chi connectivity index (χ4v) is 2.95. The summed E-state index contributed by atoms with van der Waals surface area (Å²) in [7, 11) is -2.01. The van der Waals surface area contributed by atoms with E-state index in [1.807, 2.05) is 0 Å². The molecule has 23 heavy (non-hydrogen) atoms. The zero-order chi connectivity index (χ0) is 17.8. The van der Waals surface area contributed by atoms with E-state index >= 15 is 0 Å². The molecule has 0 radical (unpaired) electrons. The monoisotopic (exact) mass is 346 g/mol. The summed E-state index contributed by atoms with van der Waals surface area (Å²) in [6, 6.07) is 0. The second-order valence-corrected chi connectivity index (χ2v) is 12.2. The molecule has 0 aromatic rings. The average molecular weight is 346 g/mol. The van der Waals surface area contributed by atoms with E-state index in [-0.39, 0.29) is 18.3 Å². The number of aliphatic hydroxyl groups is 3. The number of ether oxygens (including phenoxy) is 2. The number of rotatable bonds is 6. The third-order valence-electron chi connectivity index (χ3n) is 4.61. The van der Waals surface area contributed by atoms with Gasteiger partial charge in [0.05, 0.1) is 13.2 Å². The smallest absolute Gasteiger partial charge is 0.192 e. The molecule has 1 aliphatic rings. The molecule has 7 heteroatoms. The third-order valence-corrected chi connectivity index (χ3v) is 9.11. The van der Waals surface area contributed by atoms with Gasteiger partial charge in [-0.1, -0.05) is 20.8 Å². The van der Waals surface area contributed by atoms with Crippen LogP contribution in [0.1, 0.15) is 27.2 Å². The highest BCUT2D eigenvalue weighted by Gasteiger charge is 2.46. The Morgan fingerprint density at radius 1 is 1.13 bits per heavy atom. The molecule has 0 aromatic heterocycles. The van der Waals surface area contributed by atoms with Crippen molar-refractivity contribution in [2.24, 2.45) is 0 Å². The molecule has 1 fully saturated rings. The van der Waals surface area contributed by atoms with Crippen LogP contribution in [0.25, 0.3) is 0 Å². The predicted molar refractivity (Wildman–Crippen MR) is 89.2 cm³/mol. The minimum Gasteiger partial charge on any atom is -0.414 e. The van der Waals surface area contributed by atoms with Gasteiger partial charge in [-0.05, 0) is 18.1 Å². The molecule has 5 atom stereocenters. The van der Waals surface area contributed by atoms with E-state index in [9.17, 15) is 15.3 Å². The summed E-state index contributed by atoms with van der Waals surface area (Å²) in [6.07, 6.45) is -0.188. The van der Waals surface area contributed by atoms with Crippen molar-refractivity contribution in [1.29, 1.82) is 0 Å². The first kappa shape index (κ1) is 20.6. The lowest BCUT2D eigenvalue weighted by Crippen LogP contribution is -2.60. The summed E-state index contributed by atoms with van der Waals surface area (Å²) < 4.78 is 17.0. The van der Waals surface area contributed by atoms with Crippen molar-refractivity contribution >= 4 is 8.32 Å². The van der Waals surface area contributed by atoms with Crippen molar-refractivity contribution in [1.82, 2.24) is 0 Å². The van der Waals surface area contributed by atoms with Crippen LogP contribution in [0.5, 0.6) is 0 Å². The molecular formula is C16H30O6Si. The lowest BCUT2D eigenvalue weighted by atomic mass is 9.99. The van der Waals surface area contributed by atoms with E-state index in [0.717, 1.165) is 0 Å². The standard InChI is InChI=1S/C16H30O6Si/c1-7-8-9-20-15-14(19)13(18)12(17)11(22-15)10-21-23(5,6)16(2,3)4/h1,11-15,17-19H,8-10H2,2-6H3/t11-,12+,13+,14-,15-/m1/s1. The van der Waals surface area contributed by atoms with Crippen molar-refractivity contribution < 1.29 is 29.2 Å². The fraction of sp³-hybridized carbons (Fsp3) is 0.875. The van der Waals surface area contributed by atoms with Gasteiger partial charge in [-0.15, -0.1) is 12.3 Å². The van der Waals surface area contributed by atoms with Gasteiger partial charge in [0.25, 0.3) is 0 Å². The first-order valence-electron chi connectivity index (χ1n) is 7.90. The molecule has 0 spiro atoms. The van der Waals surface area contributed by atoms with Crippen LogP contribution in [-0.4, -0.2) is 67.6 Å². The van der Waals surface area contributed by atoms with E-state index in [1.54, 1.807) is 0 Å². The Bertz CT molecular complexity index is 414. The number of hydrogen-bond donors (Lipinski definition) is 3. The molecule has 6 nitrogen and oxygen atoms in total. The molecule has 0 aromatic carbocycles. The Hall–Kier alpha value is -0.463. The van der Waals surface area contributed by atoms with E-state index in [1.165, 1.54) is 0 Å². The van der Waals surface area contributed by atoms with Crippen molar-refractivity contribution in [2.45, 2.75) is 76.0 Å². The molecular weight excluding hydrogens is 316 g/mol. The van der Waals surface area contributed by atoms with Gasteiger partial charge in [-0.2, -0.15) is 0 Å². The van der Waals surface area contributed by atoms with Crippen molar-refractivity contribution in [3.05, 3.63) is 0 Å². The largest absolute Gasteiger partial charge is 0.414 e. The highest BCUT2D eigenvalue weighted by molar-refractivity contribution is 6.74. The molecule has 0 amide bonds.